The average Bonchev–Trinajstić information content (AvgIpc) is 2.35. The van der Waals surface area contributed by atoms with Gasteiger partial charge in [-0.15, -0.1) is 0 Å². The minimum atomic E-state index is -4.54. The van der Waals surface area contributed by atoms with E-state index >= 15 is 0 Å². The lowest BCUT2D eigenvalue weighted by atomic mass is 10.0. The molecule has 7 nitrogen and oxygen atoms in total. The van der Waals surface area contributed by atoms with Gasteiger partial charge >= 0.3 is 0 Å². The van der Waals surface area contributed by atoms with E-state index in [0.717, 1.165) is 12.1 Å². The van der Waals surface area contributed by atoms with Crippen molar-refractivity contribution < 1.29 is 30.7 Å². The highest BCUT2D eigenvalue weighted by Crippen LogP contribution is 2.35. The van der Waals surface area contributed by atoms with Crippen molar-refractivity contribution in [3.05, 3.63) is 29.8 Å². The minimum absolute atomic E-state index is 0.0235. The molecule has 114 valence electrons. The number of aryl methyl sites for hydroxylation is 1. The molecule has 0 fully saturated rings. The van der Waals surface area contributed by atoms with Gasteiger partial charge in [0.1, 0.15) is 10.6 Å². The van der Waals surface area contributed by atoms with Crippen LogP contribution < -0.4 is 4.74 Å². The monoisotopic (exact) mass is 332 g/mol. The first kappa shape index (κ1) is 15.7. The fourth-order valence-corrected chi connectivity index (χ4v) is 3.38. The van der Waals surface area contributed by atoms with Crippen molar-refractivity contribution in [3.8, 4) is 5.75 Å². The number of ether oxygens (including phenoxy) is 1. The zero-order chi connectivity index (χ0) is 16.0. The van der Waals surface area contributed by atoms with Gasteiger partial charge in [-0.1, -0.05) is 6.07 Å². The lowest BCUT2D eigenvalue weighted by Gasteiger charge is -2.13. The maximum Gasteiger partial charge on any atom is 0.298 e. The summed E-state index contributed by atoms with van der Waals surface area (Å²) in [5.74, 6) is -0.0235. The van der Waals surface area contributed by atoms with E-state index in [1.54, 1.807) is 6.92 Å². The number of hydrogen-bond acceptors (Lipinski definition) is 5. The van der Waals surface area contributed by atoms with Crippen molar-refractivity contribution in [2.45, 2.75) is 16.7 Å². The third-order valence-corrected chi connectivity index (χ3v) is 4.77. The van der Waals surface area contributed by atoms with Gasteiger partial charge in [-0.25, -0.2) is 0 Å². The fourth-order valence-electron chi connectivity index (χ4n) is 2.12. The lowest BCUT2D eigenvalue weighted by molar-refractivity contribution is 0.395. The molecule has 0 aliphatic heterocycles. The van der Waals surface area contributed by atoms with E-state index in [0.29, 0.717) is 10.9 Å². The van der Waals surface area contributed by atoms with Crippen LogP contribution in [0.3, 0.4) is 0 Å². The molecule has 2 aromatic carbocycles. The molecule has 0 saturated heterocycles. The van der Waals surface area contributed by atoms with Crippen LogP contribution in [0.2, 0.25) is 0 Å². The number of benzene rings is 2. The van der Waals surface area contributed by atoms with Crippen molar-refractivity contribution >= 4 is 31.0 Å². The quantitative estimate of drug-likeness (QED) is 0.820. The van der Waals surface area contributed by atoms with Gasteiger partial charge in [0, 0.05) is 5.56 Å². The molecule has 0 radical (unpaired) electrons. The van der Waals surface area contributed by atoms with E-state index in [9.17, 15) is 21.4 Å². The summed E-state index contributed by atoms with van der Waals surface area (Å²) in [4.78, 5) is -0.844. The third kappa shape index (κ3) is 2.86. The Morgan fingerprint density at radius 2 is 1.62 bits per heavy atom. The summed E-state index contributed by atoms with van der Waals surface area (Å²) in [5.41, 5.74) is 0.421. The zero-order valence-electron chi connectivity index (χ0n) is 11.1. The van der Waals surface area contributed by atoms with E-state index in [1.807, 2.05) is 0 Å². The SMILES string of the molecule is COc1c(S(=O)(=O)O)cc2cc(S(=O)(=O)O)ccc2c1C. The van der Waals surface area contributed by atoms with Crippen molar-refractivity contribution in [1.82, 2.24) is 0 Å². The highest BCUT2D eigenvalue weighted by atomic mass is 32.2. The number of rotatable bonds is 3. The van der Waals surface area contributed by atoms with Gasteiger partial charge in [-0.05, 0) is 35.9 Å². The van der Waals surface area contributed by atoms with Gasteiger partial charge in [-0.3, -0.25) is 9.11 Å². The molecule has 0 aromatic heterocycles. The highest BCUT2D eigenvalue weighted by Gasteiger charge is 2.21. The van der Waals surface area contributed by atoms with Gasteiger partial charge < -0.3 is 4.74 Å². The predicted octanol–water partition coefficient (Wildman–Crippen LogP) is 1.65. The molecule has 2 N–H and O–H groups in total. The highest BCUT2D eigenvalue weighted by molar-refractivity contribution is 7.86. The Labute approximate surface area is 121 Å². The summed E-state index contributed by atoms with van der Waals surface area (Å²) >= 11 is 0. The summed E-state index contributed by atoms with van der Waals surface area (Å²) < 4.78 is 68.3. The number of methoxy groups -OCH3 is 1. The summed E-state index contributed by atoms with van der Waals surface area (Å²) in [7, 11) is -7.70. The molecule has 0 atom stereocenters. The Bertz CT molecular complexity index is 928. The summed E-state index contributed by atoms with van der Waals surface area (Å²) in [6.07, 6.45) is 0. The van der Waals surface area contributed by atoms with Crippen molar-refractivity contribution in [2.75, 3.05) is 7.11 Å². The number of fused-ring (bicyclic) bond motifs is 1. The van der Waals surface area contributed by atoms with Gasteiger partial charge in [0.25, 0.3) is 20.2 Å². The molecule has 0 bridgehead atoms. The first-order valence-electron chi connectivity index (χ1n) is 5.62. The molecule has 0 saturated carbocycles. The van der Waals surface area contributed by atoms with Crippen LogP contribution >= 0.6 is 0 Å². The standard InChI is InChI=1S/C12H12O7S2/c1-7-10-4-3-9(20(13,14)15)5-8(10)6-11(12(7)19-2)21(16,17)18/h3-6H,1-2H3,(H,13,14,15)(H,16,17,18). The van der Waals surface area contributed by atoms with E-state index in [4.69, 9.17) is 9.29 Å². The predicted molar refractivity (Wildman–Crippen MR) is 74.9 cm³/mol. The Morgan fingerprint density at radius 3 is 2.10 bits per heavy atom. The maximum absolute atomic E-state index is 11.4. The Balaban J connectivity index is 2.95. The largest absolute Gasteiger partial charge is 0.495 e. The number of hydrogen-bond donors (Lipinski definition) is 2. The lowest BCUT2D eigenvalue weighted by Crippen LogP contribution is -2.04. The Hall–Kier alpha value is -1.68. The molecule has 0 aliphatic carbocycles. The van der Waals surface area contributed by atoms with Crippen LogP contribution in [0.1, 0.15) is 5.56 Å². The van der Waals surface area contributed by atoms with Crippen LogP contribution in [0.5, 0.6) is 5.75 Å². The first-order chi connectivity index (χ1) is 9.55. The normalized spacial score (nSPS) is 12.6. The Morgan fingerprint density at radius 1 is 1.00 bits per heavy atom. The van der Waals surface area contributed by atoms with Crippen molar-refractivity contribution in [2.24, 2.45) is 0 Å². The molecule has 0 amide bonds. The molecule has 2 rings (SSSR count). The van der Waals surface area contributed by atoms with Crippen LogP contribution in [-0.2, 0) is 20.2 Å². The van der Waals surface area contributed by atoms with Gasteiger partial charge in [-0.2, -0.15) is 16.8 Å². The van der Waals surface area contributed by atoms with Crippen LogP contribution in [0.4, 0.5) is 0 Å². The van der Waals surface area contributed by atoms with E-state index in [-0.39, 0.29) is 16.0 Å². The van der Waals surface area contributed by atoms with Crippen LogP contribution in [0.25, 0.3) is 10.8 Å². The van der Waals surface area contributed by atoms with Crippen LogP contribution in [0, 0.1) is 6.92 Å². The summed E-state index contributed by atoms with van der Waals surface area (Å²) in [6, 6.07) is 4.82. The second-order valence-electron chi connectivity index (χ2n) is 4.37. The fraction of sp³-hybridized carbons (Fsp3) is 0.167. The maximum atomic E-state index is 11.4. The minimum Gasteiger partial charge on any atom is -0.495 e. The molecule has 0 unspecified atom stereocenters. The van der Waals surface area contributed by atoms with Crippen molar-refractivity contribution in [3.63, 3.8) is 0 Å². The second-order valence-corrected chi connectivity index (χ2v) is 7.18. The van der Waals surface area contributed by atoms with E-state index in [1.165, 1.54) is 19.2 Å². The van der Waals surface area contributed by atoms with Gasteiger partial charge in [0.15, 0.2) is 0 Å². The van der Waals surface area contributed by atoms with E-state index < -0.39 is 25.1 Å². The third-order valence-electron chi connectivity index (χ3n) is 3.06. The Kier molecular flexibility index (Phi) is 3.70. The van der Waals surface area contributed by atoms with E-state index in [2.05, 4.69) is 0 Å². The van der Waals surface area contributed by atoms with Gasteiger partial charge in [0.05, 0.1) is 12.0 Å². The molecular formula is C12H12O7S2. The zero-order valence-corrected chi connectivity index (χ0v) is 12.7. The van der Waals surface area contributed by atoms with Crippen LogP contribution in [0.15, 0.2) is 34.1 Å². The smallest absolute Gasteiger partial charge is 0.298 e. The molecule has 9 heteroatoms. The second kappa shape index (κ2) is 4.95. The van der Waals surface area contributed by atoms with Crippen LogP contribution in [-0.4, -0.2) is 33.1 Å². The summed E-state index contributed by atoms with van der Waals surface area (Å²) in [6.45, 7) is 1.57. The average molecular weight is 332 g/mol. The summed E-state index contributed by atoms with van der Waals surface area (Å²) in [5, 5.41) is 0.766. The first-order valence-corrected chi connectivity index (χ1v) is 8.50. The molecule has 0 aliphatic rings. The molecule has 21 heavy (non-hydrogen) atoms. The molecule has 2 aromatic rings. The topological polar surface area (TPSA) is 118 Å². The molecular weight excluding hydrogens is 320 g/mol. The molecule has 0 spiro atoms. The van der Waals surface area contributed by atoms with Crippen molar-refractivity contribution in [1.29, 1.82) is 0 Å². The van der Waals surface area contributed by atoms with Gasteiger partial charge in [0.2, 0.25) is 0 Å². The molecule has 0 heterocycles.